The van der Waals surface area contributed by atoms with Crippen LogP contribution >= 0.6 is 0 Å². The fourth-order valence-electron chi connectivity index (χ4n) is 5.27. The van der Waals surface area contributed by atoms with Crippen LogP contribution in [0.15, 0.2) is 80.8 Å². The van der Waals surface area contributed by atoms with Gasteiger partial charge < -0.3 is 39.8 Å². The van der Waals surface area contributed by atoms with Gasteiger partial charge in [-0.1, -0.05) is 12.1 Å². The molecule has 0 aliphatic carbocycles. The zero-order chi connectivity index (χ0) is 31.7. The Morgan fingerprint density at radius 1 is 0.705 bits per heavy atom. The number of phenols is 6. The molecule has 14 heteroatoms. The number of ketones is 1. The van der Waals surface area contributed by atoms with Crippen LogP contribution in [0.2, 0.25) is 0 Å². The summed E-state index contributed by atoms with van der Waals surface area (Å²) in [6.45, 7) is 0. The van der Waals surface area contributed by atoms with Crippen molar-refractivity contribution in [1.29, 1.82) is 0 Å². The van der Waals surface area contributed by atoms with E-state index in [2.05, 4.69) is 0 Å². The lowest BCUT2D eigenvalue weighted by atomic mass is 9.80. The molecule has 5 aromatic rings. The van der Waals surface area contributed by atoms with Gasteiger partial charge >= 0.3 is 0 Å². The minimum absolute atomic E-state index is 0.0294. The fraction of sp³-hybridized carbons (Fsp3) is 0.0667. The van der Waals surface area contributed by atoms with E-state index in [1.165, 1.54) is 30.3 Å². The van der Waals surface area contributed by atoms with Gasteiger partial charge in [0, 0.05) is 35.4 Å². The Bertz CT molecular complexity index is 2180. The first-order valence-corrected chi connectivity index (χ1v) is 14.1. The first-order chi connectivity index (χ1) is 20.7. The molecule has 6 rings (SSSR count). The standard InChI is InChI=1S/C30H20O13S/c31-14-4-1-12(2-5-14)29-27(28(38)25-18(35)8-15(32)9-22(25)43-29)26-23(44(39,40)41)11-20(37)24-19(36)10-21(42-30(24)26)13-3-6-16(33)17(34)7-13/h1-11,27,29,31-35,37H,(H,39,40,41)/t27-,29+/m0/s1. The zero-order valence-electron chi connectivity index (χ0n) is 22.0. The summed E-state index contributed by atoms with van der Waals surface area (Å²) in [7, 11) is -5.27. The molecule has 1 aliphatic rings. The van der Waals surface area contributed by atoms with Crippen LogP contribution in [0.1, 0.15) is 33.5 Å². The first-order valence-electron chi connectivity index (χ1n) is 12.6. The third-order valence-electron chi connectivity index (χ3n) is 7.20. The molecule has 2 atom stereocenters. The van der Waals surface area contributed by atoms with E-state index in [1.54, 1.807) is 0 Å². The van der Waals surface area contributed by atoms with Gasteiger partial charge in [0.2, 0.25) is 0 Å². The van der Waals surface area contributed by atoms with Gasteiger partial charge in [-0.3, -0.25) is 14.1 Å². The number of aromatic hydroxyl groups is 6. The number of benzene rings is 4. The van der Waals surface area contributed by atoms with Crippen molar-refractivity contribution in [2.45, 2.75) is 16.9 Å². The summed E-state index contributed by atoms with van der Waals surface area (Å²) in [4.78, 5) is 26.6. The van der Waals surface area contributed by atoms with Gasteiger partial charge in [-0.25, -0.2) is 0 Å². The molecule has 2 heterocycles. The lowest BCUT2D eigenvalue weighted by Crippen LogP contribution is -2.31. The summed E-state index contributed by atoms with van der Waals surface area (Å²) >= 11 is 0. The van der Waals surface area contributed by atoms with Crippen molar-refractivity contribution >= 4 is 26.9 Å². The molecule has 0 spiro atoms. The number of rotatable bonds is 4. The smallest absolute Gasteiger partial charge is 0.295 e. The average Bonchev–Trinajstić information content (AvgIpc) is 2.94. The second-order valence-corrected chi connectivity index (χ2v) is 11.4. The molecule has 44 heavy (non-hydrogen) atoms. The summed E-state index contributed by atoms with van der Waals surface area (Å²) in [6.07, 6.45) is -1.48. The summed E-state index contributed by atoms with van der Waals surface area (Å²) in [5.41, 5.74) is -2.44. The largest absolute Gasteiger partial charge is 0.508 e. The van der Waals surface area contributed by atoms with Crippen LogP contribution in [0.25, 0.3) is 22.3 Å². The summed E-state index contributed by atoms with van der Waals surface area (Å²) in [5, 5.41) is 60.4. The topological polar surface area (TPSA) is 232 Å². The Hall–Kier alpha value is -5.73. The number of phenolic OH excluding ortho intramolecular Hbond substituents is 6. The second kappa shape index (κ2) is 9.93. The zero-order valence-corrected chi connectivity index (χ0v) is 22.8. The van der Waals surface area contributed by atoms with E-state index in [1.807, 2.05) is 0 Å². The monoisotopic (exact) mass is 620 g/mol. The van der Waals surface area contributed by atoms with Crippen LogP contribution in [0.3, 0.4) is 0 Å². The van der Waals surface area contributed by atoms with E-state index in [-0.39, 0.29) is 28.4 Å². The molecule has 0 saturated heterocycles. The highest BCUT2D eigenvalue weighted by Crippen LogP contribution is 2.51. The molecular weight excluding hydrogens is 600 g/mol. The first kappa shape index (κ1) is 28.4. The number of fused-ring (bicyclic) bond motifs is 2. The lowest BCUT2D eigenvalue weighted by Gasteiger charge is -2.34. The van der Waals surface area contributed by atoms with Crippen molar-refractivity contribution < 1.29 is 57.6 Å². The lowest BCUT2D eigenvalue weighted by molar-refractivity contribution is 0.0773. The minimum Gasteiger partial charge on any atom is -0.508 e. The van der Waals surface area contributed by atoms with Crippen LogP contribution in [-0.4, -0.2) is 49.4 Å². The molecule has 13 nitrogen and oxygen atoms in total. The van der Waals surface area contributed by atoms with Gasteiger partial charge in [0.05, 0.1) is 5.92 Å². The van der Waals surface area contributed by atoms with Crippen LogP contribution < -0.4 is 10.2 Å². The molecule has 224 valence electrons. The van der Waals surface area contributed by atoms with Gasteiger partial charge in [0.15, 0.2) is 22.7 Å². The van der Waals surface area contributed by atoms with E-state index in [0.717, 1.165) is 30.3 Å². The maximum absolute atomic E-state index is 14.2. The van der Waals surface area contributed by atoms with Gasteiger partial charge in [-0.2, -0.15) is 8.42 Å². The van der Waals surface area contributed by atoms with E-state index in [9.17, 15) is 53.2 Å². The van der Waals surface area contributed by atoms with Crippen molar-refractivity contribution in [2.24, 2.45) is 0 Å². The molecule has 0 radical (unpaired) electrons. The molecule has 4 aromatic carbocycles. The molecule has 0 bridgehead atoms. The molecule has 0 amide bonds. The van der Waals surface area contributed by atoms with Crippen molar-refractivity contribution in [3.8, 4) is 51.6 Å². The SMILES string of the molecule is O=C1c2c(O)cc(O)cc2O[C@H](c2ccc(O)cc2)[C@H]1c1c(S(=O)(=O)O)cc(O)c2c(=O)cc(-c3ccc(O)c(O)c3)oc12. The molecular formula is C30H20O13S. The summed E-state index contributed by atoms with van der Waals surface area (Å²) in [6, 6.07) is 12.0. The maximum atomic E-state index is 14.2. The number of carbonyl (C=O) groups excluding carboxylic acids is 1. The molecule has 0 unspecified atom stereocenters. The van der Waals surface area contributed by atoms with Crippen LogP contribution in [0, 0.1) is 0 Å². The Morgan fingerprint density at radius 3 is 2.07 bits per heavy atom. The number of hydrogen-bond acceptors (Lipinski definition) is 12. The Balaban J connectivity index is 1.75. The van der Waals surface area contributed by atoms with Crippen molar-refractivity contribution in [3.63, 3.8) is 0 Å². The number of carbonyl (C=O) groups is 1. The third kappa shape index (κ3) is 4.58. The maximum Gasteiger partial charge on any atom is 0.295 e. The van der Waals surface area contributed by atoms with Crippen LogP contribution in [0.5, 0.6) is 40.2 Å². The quantitative estimate of drug-likeness (QED) is 0.111. The third-order valence-corrected chi connectivity index (χ3v) is 8.10. The Morgan fingerprint density at radius 2 is 1.41 bits per heavy atom. The average molecular weight is 621 g/mol. The van der Waals surface area contributed by atoms with Gasteiger partial charge in [0.25, 0.3) is 10.1 Å². The normalized spacial score (nSPS) is 16.4. The number of ether oxygens (including phenoxy) is 1. The van der Waals surface area contributed by atoms with E-state index < -0.39 is 89.1 Å². The predicted molar refractivity (Wildman–Crippen MR) is 151 cm³/mol. The van der Waals surface area contributed by atoms with Crippen molar-refractivity contribution in [1.82, 2.24) is 0 Å². The van der Waals surface area contributed by atoms with E-state index in [4.69, 9.17) is 9.15 Å². The molecule has 7 N–H and O–H groups in total. The highest BCUT2D eigenvalue weighted by Gasteiger charge is 2.45. The highest BCUT2D eigenvalue weighted by atomic mass is 32.2. The number of hydrogen-bond donors (Lipinski definition) is 7. The Kier molecular flexibility index (Phi) is 6.41. The molecule has 0 fully saturated rings. The van der Waals surface area contributed by atoms with Crippen LogP contribution in [0.4, 0.5) is 0 Å². The highest BCUT2D eigenvalue weighted by molar-refractivity contribution is 7.86. The van der Waals surface area contributed by atoms with Gasteiger partial charge in [-0.15, -0.1) is 0 Å². The summed E-state index contributed by atoms with van der Waals surface area (Å²) in [5.74, 6) is -6.68. The molecule has 1 aromatic heterocycles. The fourth-order valence-corrected chi connectivity index (χ4v) is 6.03. The predicted octanol–water partition coefficient (Wildman–Crippen LogP) is 4.04. The van der Waals surface area contributed by atoms with Crippen molar-refractivity contribution in [2.75, 3.05) is 0 Å². The number of Topliss-reactive ketones (excluding diaryl/α,β-unsaturated/α-hetero) is 1. The van der Waals surface area contributed by atoms with Crippen molar-refractivity contribution in [3.05, 3.63) is 93.6 Å². The molecule has 1 aliphatic heterocycles. The second-order valence-electron chi connectivity index (χ2n) is 9.98. The van der Waals surface area contributed by atoms with Crippen LogP contribution in [-0.2, 0) is 10.1 Å². The molecule has 0 saturated carbocycles. The van der Waals surface area contributed by atoms with E-state index >= 15 is 0 Å². The summed E-state index contributed by atoms with van der Waals surface area (Å²) < 4.78 is 47.8. The van der Waals surface area contributed by atoms with Gasteiger partial charge in [0.1, 0.15) is 62.0 Å². The Labute approximate surface area is 246 Å². The van der Waals surface area contributed by atoms with E-state index in [0.29, 0.717) is 6.07 Å². The minimum atomic E-state index is -5.27. The van der Waals surface area contributed by atoms with Gasteiger partial charge in [-0.05, 0) is 35.9 Å².